The van der Waals surface area contributed by atoms with Gasteiger partial charge in [0.05, 0.1) is 34.4 Å². The van der Waals surface area contributed by atoms with Crippen LogP contribution in [0.5, 0.6) is 0 Å². The molecule has 0 aliphatic heterocycles. The molecule has 0 spiro atoms. The van der Waals surface area contributed by atoms with E-state index in [1.807, 2.05) is 21.1 Å². The van der Waals surface area contributed by atoms with Crippen LogP contribution in [0, 0.1) is 0 Å². The summed E-state index contributed by atoms with van der Waals surface area (Å²) in [6.45, 7) is 4.40. The van der Waals surface area contributed by atoms with Gasteiger partial charge in [-0.05, 0) is 96.3 Å². The number of nitrogens with zero attached hydrogens (tertiary/aromatic N) is 1. The number of esters is 2. The number of carboxylic acid groups (broad SMARTS) is 1. The first kappa shape index (κ1) is 54.0. The highest BCUT2D eigenvalue weighted by molar-refractivity contribution is 5.72. The Bertz CT molecular complexity index is 1310. The van der Waals surface area contributed by atoms with Crippen molar-refractivity contribution < 1.29 is 38.2 Å². The smallest absolute Gasteiger partial charge is 0.362 e. The normalized spacial score (nSPS) is 14.0. The molecule has 0 aromatic carbocycles. The van der Waals surface area contributed by atoms with Gasteiger partial charge in [-0.1, -0.05) is 130 Å². The number of ether oxygens (including phenoxy) is 3. The first-order valence-electron chi connectivity index (χ1n) is 21.9. The summed E-state index contributed by atoms with van der Waals surface area (Å²) in [4.78, 5) is 37.0. The fraction of sp³-hybridized carbons (Fsp3) is 0.580. The molecule has 58 heavy (non-hydrogen) atoms. The van der Waals surface area contributed by atoms with Gasteiger partial charge in [0.15, 0.2) is 12.1 Å². The molecule has 8 heteroatoms. The molecule has 0 bridgehead atoms. The first-order chi connectivity index (χ1) is 28.1. The lowest BCUT2D eigenvalue weighted by Crippen LogP contribution is -2.50. The Kier molecular flexibility index (Phi) is 37.0. The van der Waals surface area contributed by atoms with Crippen LogP contribution in [0.4, 0.5) is 0 Å². The molecule has 0 amide bonds. The minimum Gasteiger partial charge on any atom is -0.477 e. The summed E-state index contributed by atoms with van der Waals surface area (Å²) in [5, 5.41) is 9.62. The lowest BCUT2D eigenvalue weighted by Gasteiger charge is -2.31. The molecule has 1 N–H and O–H groups in total. The number of hydrogen-bond acceptors (Lipinski definition) is 6. The number of allylic oxidation sites excluding steroid dienone is 18. The largest absolute Gasteiger partial charge is 0.477 e. The van der Waals surface area contributed by atoms with Gasteiger partial charge in [0.2, 0.25) is 0 Å². The zero-order valence-electron chi connectivity index (χ0n) is 36.9. The molecule has 0 fully saturated rings. The molecule has 0 aromatic heterocycles. The van der Waals surface area contributed by atoms with E-state index >= 15 is 0 Å². The van der Waals surface area contributed by atoms with Crippen LogP contribution < -0.4 is 0 Å². The Morgan fingerprint density at radius 2 is 0.914 bits per heavy atom. The van der Waals surface area contributed by atoms with E-state index in [9.17, 15) is 19.5 Å². The van der Waals surface area contributed by atoms with Gasteiger partial charge in [-0.15, -0.1) is 0 Å². The highest BCUT2D eigenvalue weighted by Gasteiger charge is 2.31. The topological polar surface area (TPSA) is 99.1 Å². The second-order valence-corrected chi connectivity index (χ2v) is 15.2. The predicted octanol–water partition coefficient (Wildman–Crippen LogP) is 12.1. The average Bonchev–Trinajstić information content (AvgIpc) is 3.18. The molecule has 2 atom stereocenters. The quantitative estimate of drug-likeness (QED) is 0.0289. The predicted molar refractivity (Wildman–Crippen MR) is 242 cm³/mol. The lowest BCUT2D eigenvalue weighted by atomic mass is 10.1. The maximum atomic E-state index is 12.7. The maximum Gasteiger partial charge on any atom is 0.362 e. The molecule has 2 unspecified atom stereocenters. The first-order valence-corrected chi connectivity index (χ1v) is 21.9. The summed E-state index contributed by atoms with van der Waals surface area (Å²) >= 11 is 0. The van der Waals surface area contributed by atoms with Gasteiger partial charge < -0.3 is 23.8 Å². The number of aliphatic carboxylic acids is 1. The van der Waals surface area contributed by atoms with Crippen molar-refractivity contribution in [2.75, 3.05) is 41.0 Å². The fourth-order valence-corrected chi connectivity index (χ4v) is 5.58. The van der Waals surface area contributed by atoms with Gasteiger partial charge in [0.1, 0.15) is 6.61 Å². The Morgan fingerprint density at radius 3 is 1.34 bits per heavy atom. The number of carbonyl (C=O) groups excluding carboxylic acids is 2. The van der Waals surface area contributed by atoms with Gasteiger partial charge in [-0.3, -0.25) is 9.59 Å². The molecule has 0 saturated carbocycles. The van der Waals surface area contributed by atoms with Crippen LogP contribution in [-0.2, 0) is 28.6 Å². The van der Waals surface area contributed by atoms with Crippen molar-refractivity contribution in [3.05, 3.63) is 109 Å². The van der Waals surface area contributed by atoms with Crippen molar-refractivity contribution in [3.8, 4) is 0 Å². The van der Waals surface area contributed by atoms with E-state index < -0.39 is 18.1 Å². The lowest BCUT2D eigenvalue weighted by molar-refractivity contribution is -0.887. The zero-order chi connectivity index (χ0) is 42.8. The molecule has 8 nitrogen and oxygen atoms in total. The molecule has 326 valence electrons. The Hall–Kier alpha value is -4.01. The van der Waals surface area contributed by atoms with Crippen LogP contribution in [0.25, 0.3) is 0 Å². The molecule has 0 radical (unpaired) electrons. The molecule has 0 aliphatic carbocycles. The van der Waals surface area contributed by atoms with Crippen LogP contribution >= 0.6 is 0 Å². The number of quaternary nitrogens is 1. The number of likely N-dealkylation sites (N-methyl/N-ethyl adjacent to an activating group) is 1. The molecule has 0 aromatic rings. The summed E-state index contributed by atoms with van der Waals surface area (Å²) < 4.78 is 17.2. The second-order valence-electron chi connectivity index (χ2n) is 15.2. The maximum absolute atomic E-state index is 12.7. The van der Waals surface area contributed by atoms with Crippen molar-refractivity contribution in [2.45, 2.75) is 148 Å². The third kappa shape index (κ3) is 37.6. The fourth-order valence-electron chi connectivity index (χ4n) is 5.58. The Morgan fingerprint density at radius 1 is 0.517 bits per heavy atom. The van der Waals surface area contributed by atoms with Crippen molar-refractivity contribution in [3.63, 3.8) is 0 Å². The third-order valence-electron chi connectivity index (χ3n) is 8.92. The Labute approximate surface area is 353 Å². The van der Waals surface area contributed by atoms with Crippen LogP contribution in [-0.4, -0.2) is 80.6 Å². The van der Waals surface area contributed by atoms with E-state index in [2.05, 4.69) is 123 Å². The van der Waals surface area contributed by atoms with Gasteiger partial charge in [-0.25, -0.2) is 4.79 Å². The van der Waals surface area contributed by atoms with E-state index in [4.69, 9.17) is 14.2 Å². The summed E-state index contributed by atoms with van der Waals surface area (Å²) in [6.07, 6.45) is 54.2. The number of carboxylic acids is 1. The summed E-state index contributed by atoms with van der Waals surface area (Å²) in [5.74, 6) is -1.58. The van der Waals surface area contributed by atoms with Crippen molar-refractivity contribution in [1.29, 1.82) is 0 Å². The van der Waals surface area contributed by atoms with Gasteiger partial charge in [-0.2, -0.15) is 0 Å². The van der Waals surface area contributed by atoms with E-state index in [0.717, 1.165) is 89.9 Å². The molecular weight excluding hydrogens is 727 g/mol. The standard InChI is InChI=1S/C50H79NO7/c1-6-8-10-12-14-16-18-20-22-23-24-25-27-29-31-33-35-37-39-41-49(53)58-46(44-56-43-42-47(50(54)55)51(3,4)5)45-57-48(52)40-38-36-34-32-30-28-26-21-19-17-15-13-11-9-7-2/h8-11,14-17,20-22,24-26,29-32,46-47H,6-7,12-13,18-19,23,27-28,33-45H2,1-5H3/p+1/b10-8-,11-9-,16-14-,17-15-,22-20-,25-24-,26-21-,31-29-,32-30-. The number of hydrogen-bond donors (Lipinski definition) is 1. The SMILES string of the molecule is CC/C=C\C/C=C\C/C=C\C/C=C\C/C=C\CCCCCC(=O)OC(COCCC(C(=O)O)[N+](C)(C)C)COC(=O)CCCC/C=C\C/C=C\C/C=C\C/C=C\CC. The van der Waals surface area contributed by atoms with Crippen LogP contribution in [0.1, 0.15) is 136 Å². The number of unbranched alkanes of at least 4 members (excludes halogenated alkanes) is 5. The third-order valence-corrected chi connectivity index (χ3v) is 8.92. The van der Waals surface area contributed by atoms with E-state index in [-0.39, 0.29) is 49.1 Å². The summed E-state index contributed by atoms with van der Waals surface area (Å²) in [5.41, 5.74) is 0. The van der Waals surface area contributed by atoms with Crippen LogP contribution in [0.15, 0.2) is 109 Å². The number of carbonyl (C=O) groups is 3. The summed E-state index contributed by atoms with van der Waals surface area (Å²) in [7, 11) is 5.49. The highest BCUT2D eigenvalue weighted by atomic mass is 16.6. The van der Waals surface area contributed by atoms with Gasteiger partial charge in [0, 0.05) is 19.3 Å². The molecule has 0 saturated heterocycles. The van der Waals surface area contributed by atoms with E-state index in [1.54, 1.807) is 0 Å². The zero-order valence-corrected chi connectivity index (χ0v) is 36.9. The second kappa shape index (κ2) is 39.8. The van der Waals surface area contributed by atoms with Crippen molar-refractivity contribution in [1.82, 2.24) is 0 Å². The number of rotatable bonds is 37. The molecule has 0 aliphatic rings. The molecule has 0 heterocycles. The van der Waals surface area contributed by atoms with E-state index in [0.29, 0.717) is 19.3 Å². The van der Waals surface area contributed by atoms with Crippen molar-refractivity contribution >= 4 is 17.9 Å². The minimum atomic E-state index is -0.892. The van der Waals surface area contributed by atoms with Gasteiger partial charge in [0.25, 0.3) is 0 Å². The summed E-state index contributed by atoms with van der Waals surface area (Å²) in [6, 6.07) is -0.634. The minimum absolute atomic E-state index is 0.0262. The molecule has 0 rings (SSSR count). The Balaban J connectivity index is 4.51. The monoisotopic (exact) mass is 807 g/mol. The van der Waals surface area contributed by atoms with Gasteiger partial charge >= 0.3 is 17.9 Å². The van der Waals surface area contributed by atoms with Crippen molar-refractivity contribution in [2.24, 2.45) is 0 Å². The van der Waals surface area contributed by atoms with Crippen LogP contribution in [0.3, 0.4) is 0 Å². The van der Waals surface area contributed by atoms with E-state index in [1.165, 1.54) is 0 Å². The molecular formula is C50H80NO7+. The highest BCUT2D eigenvalue weighted by Crippen LogP contribution is 2.11. The van der Waals surface area contributed by atoms with Crippen LogP contribution in [0.2, 0.25) is 0 Å². The average molecular weight is 807 g/mol.